The number of rotatable bonds is 3. The van der Waals surface area contributed by atoms with Crippen LogP contribution < -0.4 is 4.74 Å². The molecule has 0 aliphatic carbocycles. The zero-order chi connectivity index (χ0) is 13.3. The van der Waals surface area contributed by atoms with Crippen molar-refractivity contribution < 1.29 is 14.2 Å². The molecular formula is C12H12ClFN2O2. The summed E-state index contributed by atoms with van der Waals surface area (Å²) in [6.45, 7) is 1.58. The summed E-state index contributed by atoms with van der Waals surface area (Å²) in [7, 11) is 1.69. The van der Waals surface area contributed by atoms with Gasteiger partial charge in [-0.25, -0.2) is 9.07 Å². The van der Waals surface area contributed by atoms with Gasteiger partial charge in [0.05, 0.1) is 22.9 Å². The van der Waals surface area contributed by atoms with E-state index in [4.69, 9.17) is 16.3 Å². The van der Waals surface area contributed by atoms with E-state index in [-0.39, 0.29) is 11.6 Å². The maximum Gasteiger partial charge on any atom is 0.223 e. The van der Waals surface area contributed by atoms with Gasteiger partial charge in [0.1, 0.15) is 11.6 Å². The molecule has 0 saturated heterocycles. The van der Waals surface area contributed by atoms with Gasteiger partial charge < -0.3 is 9.84 Å². The molecule has 4 nitrogen and oxygen atoms in total. The lowest BCUT2D eigenvalue weighted by Gasteiger charge is -2.08. The fourth-order valence-electron chi connectivity index (χ4n) is 1.64. The fraction of sp³-hybridized carbons (Fsp3) is 0.250. The Morgan fingerprint density at radius 3 is 2.83 bits per heavy atom. The Hall–Kier alpha value is -1.59. The van der Waals surface area contributed by atoms with Crippen molar-refractivity contribution in [1.29, 1.82) is 0 Å². The largest absolute Gasteiger partial charge is 0.439 e. The molecule has 0 fully saturated rings. The third-order valence-corrected chi connectivity index (χ3v) is 2.86. The number of aryl methyl sites for hydroxylation is 2. The summed E-state index contributed by atoms with van der Waals surface area (Å²) in [5.74, 6) is 0.130. The Morgan fingerprint density at radius 1 is 1.50 bits per heavy atom. The van der Waals surface area contributed by atoms with Crippen LogP contribution in [0, 0.1) is 12.7 Å². The Balaban J connectivity index is 2.36. The zero-order valence-electron chi connectivity index (χ0n) is 9.94. The van der Waals surface area contributed by atoms with Gasteiger partial charge in [0, 0.05) is 13.1 Å². The first-order chi connectivity index (χ1) is 8.52. The molecule has 1 N–H and O–H groups in total. The molecule has 0 amide bonds. The second-order valence-corrected chi connectivity index (χ2v) is 4.24. The van der Waals surface area contributed by atoms with Gasteiger partial charge in [-0.15, -0.1) is 0 Å². The number of benzene rings is 1. The van der Waals surface area contributed by atoms with Gasteiger partial charge in [0.2, 0.25) is 5.88 Å². The first-order valence-electron chi connectivity index (χ1n) is 5.29. The minimum atomic E-state index is -0.557. The number of aromatic nitrogens is 2. The van der Waals surface area contributed by atoms with Gasteiger partial charge in [-0.3, -0.25) is 0 Å². The van der Waals surface area contributed by atoms with Crippen LogP contribution in [-0.4, -0.2) is 14.9 Å². The van der Waals surface area contributed by atoms with Gasteiger partial charge in [0.15, 0.2) is 0 Å². The summed E-state index contributed by atoms with van der Waals surface area (Å²) in [6.07, 6.45) is 0. The van der Waals surface area contributed by atoms with Gasteiger partial charge >= 0.3 is 0 Å². The highest BCUT2D eigenvalue weighted by atomic mass is 35.5. The minimum absolute atomic E-state index is 0.0333. The SMILES string of the molecule is Cc1nn(C)c(Oc2ccc(Cl)c(F)c2)c1CO. The second-order valence-electron chi connectivity index (χ2n) is 3.83. The van der Waals surface area contributed by atoms with E-state index >= 15 is 0 Å². The molecule has 18 heavy (non-hydrogen) atoms. The number of nitrogens with zero attached hydrogens (tertiary/aromatic N) is 2. The highest BCUT2D eigenvalue weighted by molar-refractivity contribution is 6.30. The molecule has 0 atom stereocenters. The lowest BCUT2D eigenvalue weighted by atomic mass is 10.2. The smallest absolute Gasteiger partial charge is 0.223 e. The predicted octanol–water partition coefficient (Wildman–Crippen LogP) is 2.81. The molecule has 1 aromatic heterocycles. The molecule has 0 aliphatic rings. The first-order valence-corrected chi connectivity index (χ1v) is 5.67. The van der Waals surface area contributed by atoms with Gasteiger partial charge in [0.25, 0.3) is 0 Å². The van der Waals surface area contributed by atoms with E-state index in [1.807, 2.05) is 0 Å². The average Bonchev–Trinajstić information content (AvgIpc) is 2.58. The van der Waals surface area contributed by atoms with Crippen LogP contribution in [0.1, 0.15) is 11.3 Å². The molecule has 0 radical (unpaired) electrons. The fourth-order valence-corrected chi connectivity index (χ4v) is 1.76. The topological polar surface area (TPSA) is 47.3 Å². The van der Waals surface area contributed by atoms with Gasteiger partial charge in [-0.2, -0.15) is 5.10 Å². The molecule has 2 rings (SSSR count). The number of hydrogen-bond donors (Lipinski definition) is 1. The number of aliphatic hydroxyl groups is 1. The molecule has 1 heterocycles. The van der Waals surface area contributed by atoms with Crippen LogP contribution in [0.2, 0.25) is 5.02 Å². The van der Waals surface area contributed by atoms with E-state index in [9.17, 15) is 9.50 Å². The van der Waals surface area contributed by atoms with Crippen molar-refractivity contribution in [3.63, 3.8) is 0 Å². The summed E-state index contributed by atoms with van der Waals surface area (Å²) in [5, 5.41) is 13.4. The first kappa shape index (κ1) is 12.9. The summed E-state index contributed by atoms with van der Waals surface area (Å²) in [4.78, 5) is 0. The Morgan fingerprint density at radius 2 is 2.22 bits per heavy atom. The van der Waals surface area contributed by atoms with Crippen molar-refractivity contribution >= 4 is 11.6 Å². The van der Waals surface area contributed by atoms with Crippen LogP contribution >= 0.6 is 11.6 Å². The highest BCUT2D eigenvalue weighted by Gasteiger charge is 2.15. The van der Waals surface area contributed by atoms with E-state index in [2.05, 4.69) is 5.10 Å². The van der Waals surface area contributed by atoms with Crippen LogP contribution in [0.25, 0.3) is 0 Å². The Labute approximate surface area is 109 Å². The van der Waals surface area contributed by atoms with Crippen molar-refractivity contribution in [3.05, 3.63) is 40.3 Å². The number of halogens is 2. The third-order valence-electron chi connectivity index (χ3n) is 2.55. The molecule has 0 saturated carbocycles. The van der Waals surface area contributed by atoms with Crippen LogP contribution in [0.4, 0.5) is 4.39 Å². The lowest BCUT2D eigenvalue weighted by Crippen LogP contribution is -1.97. The van der Waals surface area contributed by atoms with E-state index in [1.54, 1.807) is 20.0 Å². The Bertz CT molecular complexity index is 584. The number of ether oxygens (including phenoxy) is 1. The van der Waals surface area contributed by atoms with Crippen LogP contribution in [-0.2, 0) is 13.7 Å². The zero-order valence-corrected chi connectivity index (χ0v) is 10.7. The monoisotopic (exact) mass is 270 g/mol. The summed E-state index contributed by atoms with van der Waals surface area (Å²) >= 11 is 5.59. The van der Waals surface area contributed by atoms with E-state index in [0.717, 1.165) is 0 Å². The van der Waals surface area contributed by atoms with Crippen molar-refractivity contribution in [2.24, 2.45) is 7.05 Å². The molecule has 0 unspecified atom stereocenters. The molecule has 96 valence electrons. The van der Waals surface area contributed by atoms with Crippen molar-refractivity contribution in [3.8, 4) is 11.6 Å². The standard InChI is InChI=1S/C12H12ClFN2O2/c1-7-9(6-17)12(16(2)15-7)18-8-3-4-10(13)11(14)5-8/h3-5,17H,6H2,1-2H3. The normalized spacial score (nSPS) is 10.7. The van der Waals surface area contributed by atoms with Crippen molar-refractivity contribution in [1.82, 2.24) is 9.78 Å². The van der Waals surface area contributed by atoms with Gasteiger partial charge in [-0.05, 0) is 19.1 Å². The predicted molar refractivity (Wildman–Crippen MR) is 65.4 cm³/mol. The summed E-state index contributed by atoms with van der Waals surface area (Å²) in [6, 6.07) is 4.15. The van der Waals surface area contributed by atoms with Crippen molar-refractivity contribution in [2.45, 2.75) is 13.5 Å². The maximum atomic E-state index is 13.3. The maximum absolute atomic E-state index is 13.3. The lowest BCUT2D eigenvalue weighted by molar-refractivity contribution is 0.274. The molecule has 2 aromatic rings. The highest BCUT2D eigenvalue weighted by Crippen LogP contribution is 2.29. The molecule has 0 spiro atoms. The summed E-state index contributed by atoms with van der Waals surface area (Å²) < 4.78 is 20.3. The molecule has 0 aliphatic heterocycles. The van der Waals surface area contributed by atoms with Gasteiger partial charge in [-0.1, -0.05) is 11.6 Å². The number of aliphatic hydroxyl groups excluding tert-OH is 1. The molecule has 0 bridgehead atoms. The summed E-state index contributed by atoms with van der Waals surface area (Å²) in [5.41, 5.74) is 1.25. The van der Waals surface area contributed by atoms with E-state index < -0.39 is 5.82 Å². The second kappa shape index (κ2) is 4.96. The third kappa shape index (κ3) is 2.32. The molecular weight excluding hydrogens is 259 g/mol. The van der Waals surface area contributed by atoms with E-state index in [1.165, 1.54) is 16.8 Å². The quantitative estimate of drug-likeness (QED) is 0.933. The van der Waals surface area contributed by atoms with Crippen molar-refractivity contribution in [2.75, 3.05) is 0 Å². The van der Waals surface area contributed by atoms with Crippen LogP contribution in [0.5, 0.6) is 11.6 Å². The average molecular weight is 271 g/mol. The Kier molecular flexibility index (Phi) is 3.54. The number of hydrogen-bond acceptors (Lipinski definition) is 3. The molecule has 1 aromatic carbocycles. The molecule has 6 heteroatoms. The van der Waals surface area contributed by atoms with Crippen LogP contribution in [0.3, 0.4) is 0 Å². The van der Waals surface area contributed by atoms with E-state index in [0.29, 0.717) is 22.9 Å². The van der Waals surface area contributed by atoms with Crippen LogP contribution in [0.15, 0.2) is 18.2 Å². The minimum Gasteiger partial charge on any atom is -0.439 e.